The van der Waals surface area contributed by atoms with Gasteiger partial charge < -0.3 is 14.8 Å². The quantitative estimate of drug-likeness (QED) is 0.548. The summed E-state index contributed by atoms with van der Waals surface area (Å²) in [5, 5.41) is 3.19. The van der Waals surface area contributed by atoms with Gasteiger partial charge in [-0.05, 0) is 33.2 Å². The zero-order valence-electron chi connectivity index (χ0n) is 9.62. The molecule has 0 saturated carbocycles. The van der Waals surface area contributed by atoms with E-state index in [1.807, 2.05) is 13.8 Å². The predicted molar refractivity (Wildman–Crippen MR) is 57.6 cm³/mol. The molecule has 1 atom stereocenters. The van der Waals surface area contributed by atoms with E-state index in [9.17, 15) is 4.79 Å². The fourth-order valence-electron chi connectivity index (χ4n) is 1.60. The normalized spacial score (nSPS) is 21.7. The second-order valence-corrected chi connectivity index (χ2v) is 4.13. The molecule has 1 rings (SSSR count). The van der Waals surface area contributed by atoms with Crippen molar-refractivity contribution in [2.75, 3.05) is 26.3 Å². The third kappa shape index (κ3) is 5.14. The molecule has 0 aromatic heterocycles. The van der Waals surface area contributed by atoms with E-state index < -0.39 is 0 Å². The average molecular weight is 215 g/mol. The fourth-order valence-corrected chi connectivity index (χ4v) is 1.60. The molecule has 1 heterocycles. The minimum absolute atomic E-state index is 0.0396. The van der Waals surface area contributed by atoms with Gasteiger partial charge in [0.1, 0.15) is 6.61 Å². The Labute approximate surface area is 91.3 Å². The third-order valence-corrected chi connectivity index (χ3v) is 2.41. The number of carbonyl (C=O) groups excluding carboxylic acids is 1. The molecule has 1 saturated heterocycles. The van der Waals surface area contributed by atoms with E-state index in [1.54, 1.807) is 0 Å². The van der Waals surface area contributed by atoms with Gasteiger partial charge in [-0.15, -0.1) is 0 Å². The van der Waals surface area contributed by atoms with Crippen molar-refractivity contribution < 1.29 is 14.3 Å². The van der Waals surface area contributed by atoms with Crippen molar-refractivity contribution in [1.29, 1.82) is 0 Å². The highest BCUT2D eigenvalue weighted by Gasteiger charge is 2.21. The van der Waals surface area contributed by atoms with Gasteiger partial charge in [0.25, 0.3) is 0 Å². The van der Waals surface area contributed by atoms with Crippen LogP contribution in [-0.4, -0.2) is 38.4 Å². The Morgan fingerprint density at radius 1 is 1.47 bits per heavy atom. The van der Waals surface area contributed by atoms with Crippen LogP contribution in [0, 0.1) is 5.92 Å². The van der Waals surface area contributed by atoms with E-state index in [2.05, 4.69) is 5.32 Å². The van der Waals surface area contributed by atoms with E-state index >= 15 is 0 Å². The maximum Gasteiger partial charge on any atom is 0.310 e. The largest absolute Gasteiger partial charge is 0.463 e. The topological polar surface area (TPSA) is 47.6 Å². The van der Waals surface area contributed by atoms with Gasteiger partial charge in [-0.1, -0.05) is 0 Å². The lowest BCUT2D eigenvalue weighted by molar-refractivity contribution is -0.151. The Kier molecular flexibility index (Phi) is 5.65. The van der Waals surface area contributed by atoms with Crippen LogP contribution in [0.5, 0.6) is 0 Å². The molecule has 1 N–H and O–H groups in total. The summed E-state index contributed by atoms with van der Waals surface area (Å²) in [4.78, 5) is 11.5. The number of nitrogens with one attached hydrogen (secondary N) is 1. The molecular formula is C11H21NO3. The molecule has 0 bridgehead atoms. The molecule has 0 amide bonds. The molecule has 88 valence electrons. The zero-order valence-corrected chi connectivity index (χ0v) is 9.62. The van der Waals surface area contributed by atoms with Crippen LogP contribution in [0.2, 0.25) is 0 Å². The van der Waals surface area contributed by atoms with Crippen molar-refractivity contribution >= 4 is 5.97 Å². The van der Waals surface area contributed by atoms with Gasteiger partial charge in [0.15, 0.2) is 0 Å². The SMILES string of the molecule is CC(C)OCCOC(=O)[C@@H]1CCCNC1. The van der Waals surface area contributed by atoms with Crippen molar-refractivity contribution in [2.24, 2.45) is 5.92 Å². The summed E-state index contributed by atoms with van der Waals surface area (Å²) in [5.41, 5.74) is 0. The third-order valence-electron chi connectivity index (χ3n) is 2.41. The van der Waals surface area contributed by atoms with Gasteiger partial charge >= 0.3 is 5.97 Å². The van der Waals surface area contributed by atoms with Gasteiger partial charge in [-0.2, -0.15) is 0 Å². The maximum atomic E-state index is 11.5. The van der Waals surface area contributed by atoms with Crippen LogP contribution in [0.15, 0.2) is 0 Å². The van der Waals surface area contributed by atoms with Crippen LogP contribution in [0.1, 0.15) is 26.7 Å². The van der Waals surface area contributed by atoms with Gasteiger partial charge in [0.05, 0.1) is 18.6 Å². The van der Waals surface area contributed by atoms with E-state index in [-0.39, 0.29) is 18.0 Å². The first-order valence-electron chi connectivity index (χ1n) is 5.69. The molecule has 0 aromatic carbocycles. The molecule has 4 heteroatoms. The van der Waals surface area contributed by atoms with E-state index in [0.717, 1.165) is 25.9 Å². The molecule has 0 aromatic rings. The second-order valence-electron chi connectivity index (χ2n) is 4.13. The van der Waals surface area contributed by atoms with Gasteiger partial charge in [-0.3, -0.25) is 4.79 Å². The smallest absolute Gasteiger partial charge is 0.310 e. The summed E-state index contributed by atoms with van der Waals surface area (Å²) in [6.07, 6.45) is 2.19. The first-order chi connectivity index (χ1) is 7.20. The monoisotopic (exact) mass is 215 g/mol. The average Bonchev–Trinajstić information content (AvgIpc) is 2.25. The van der Waals surface area contributed by atoms with Crippen molar-refractivity contribution in [3.05, 3.63) is 0 Å². The molecule has 0 spiro atoms. The summed E-state index contributed by atoms with van der Waals surface area (Å²) in [5.74, 6) is -0.0487. The summed E-state index contributed by atoms with van der Waals surface area (Å²) in [7, 11) is 0. The summed E-state index contributed by atoms with van der Waals surface area (Å²) < 4.78 is 10.4. The number of ether oxygens (including phenoxy) is 2. The van der Waals surface area contributed by atoms with Crippen molar-refractivity contribution in [2.45, 2.75) is 32.8 Å². The number of piperidine rings is 1. The lowest BCUT2D eigenvalue weighted by Gasteiger charge is -2.21. The maximum absolute atomic E-state index is 11.5. The lowest BCUT2D eigenvalue weighted by Crippen LogP contribution is -2.35. The lowest BCUT2D eigenvalue weighted by atomic mass is 10.0. The van der Waals surface area contributed by atoms with Crippen LogP contribution >= 0.6 is 0 Å². The molecule has 1 aliphatic heterocycles. The number of carbonyl (C=O) groups is 1. The first-order valence-corrected chi connectivity index (χ1v) is 5.69. The van der Waals surface area contributed by atoms with Crippen molar-refractivity contribution in [1.82, 2.24) is 5.32 Å². The number of esters is 1. The highest BCUT2D eigenvalue weighted by Crippen LogP contribution is 2.11. The summed E-state index contributed by atoms with van der Waals surface area (Å²) >= 11 is 0. The highest BCUT2D eigenvalue weighted by molar-refractivity contribution is 5.72. The molecule has 0 unspecified atom stereocenters. The Morgan fingerprint density at radius 3 is 2.87 bits per heavy atom. The molecule has 0 aliphatic carbocycles. The summed E-state index contributed by atoms with van der Waals surface area (Å²) in [6, 6.07) is 0. The van der Waals surface area contributed by atoms with Crippen LogP contribution in [0.4, 0.5) is 0 Å². The van der Waals surface area contributed by atoms with Gasteiger partial charge in [0, 0.05) is 6.54 Å². The number of rotatable bonds is 5. The number of hydrogen-bond acceptors (Lipinski definition) is 4. The Balaban J connectivity index is 2.07. The first kappa shape index (κ1) is 12.5. The highest BCUT2D eigenvalue weighted by atomic mass is 16.6. The molecule has 4 nitrogen and oxygen atoms in total. The molecule has 15 heavy (non-hydrogen) atoms. The Bertz CT molecular complexity index is 188. The minimum Gasteiger partial charge on any atom is -0.463 e. The molecular weight excluding hydrogens is 194 g/mol. The second kappa shape index (κ2) is 6.80. The van der Waals surface area contributed by atoms with Crippen LogP contribution < -0.4 is 5.32 Å². The van der Waals surface area contributed by atoms with Gasteiger partial charge in [0.2, 0.25) is 0 Å². The van der Waals surface area contributed by atoms with Crippen LogP contribution in [0.25, 0.3) is 0 Å². The molecule has 1 fully saturated rings. The van der Waals surface area contributed by atoms with E-state index in [0.29, 0.717) is 13.2 Å². The van der Waals surface area contributed by atoms with E-state index in [4.69, 9.17) is 9.47 Å². The fraction of sp³-hybridized carbons (Fsp3) is 0.909. The predicted octanol–water partition coefficient (Wildman–Crippen LogP) is 0.954. The molecule has 0 radical (unpaired) electrons. The van der Waals surface area contributed by atoms with Gasteiger partial charge in [-0.25, -0.2) is 0 Å². The van der Waals surface area contributed by atoms with E-state index in [1.165, 1.54) is 0 Å². The minimum atomic E-state index is -0.0884. The zero-order chi connectivity index (χ0) is 11.1. The Morgan fingerprint density at radius 2 is 2.27 bits per heavy atom. The van der Waals surface area contributed by atoms with Crippen LogP contribution in [0.3, 0.4) is 0 Å². The Hall–Kier alpha value is -0.610. The van der Waals surface area contributed by atoms with Crippen molar-refractivity contribution in [3.63, 3.8) is 0 Å². The standard InChI is InChI=1S/C11H21NO3/c1-9(2)14-6-7-15-11(13)10-4-3-5-12-8-10/h9-10,12H,3-8H2,1-2H3/t10-/m1/s1. The van der Waals surface area contributed by atoms with Crippen molar-refractivity contribution in [3.8, 4) is 0 Å². The van der Waals surface area contributed by atoms with Crippen LogP contribution in [-0.2, 0) is 14.3 Å². The number of hydrogen-bond donors (Lipinski definition) is 1. The summed E-state index contributed by atoms with van der Waals surface area (Å²) in [6.45, 7) is 6.56. The molecule has 1 aliphatic rings.